The van der Waals surface area contributed by atoms with Gasteiger partial charge in [-0.1, -0.05) is 56.7 Å². The van der Waals surface area contributed by atoms with Gasteiger partial charge >= 0.3 is 0 Å². The van der Waals surface area contributed by atoms with E-state index in [1.54, 1.807) is 12.1 Å². The molecule has 2 aromatic carbocycles. The van der Waals surface area contributed by atoms with Crippen LogP contribution in [0.5, 0.6) is 0 Å². The number of rotatable bonds is 5. The number of hydrogen-bond acceptors (Lipinski definition) is 0. The lowest BCUT2D eigenvalue weighted by Gasteiger charge is -2.27. The fourth-order valence-electron chi connectivity index (χ4n) is 4.03. The largest absolute Gasteiger partial charge is 0.208 e. The predicted molar refractivity (Wildman–Crippen MR) is 103 cm³/mol. The highest BCUT2D eigenvalue weighted by molar-refractivity contribution is 5.88. The Kier molecular flexibility index (Phi) is 5.85. The maximum atomic E-state index is 14.7. The van der Waals surface area contributed by atoms with Gasteiger partial charge in [0.2, 0.25) is 0 Å². The van der Waals surface area contributed by atoms with Gasteiger partial charge in [-0.3, -0.25) is 0 Å². The van der Waals surface area contributed by atoms with Crippen LogP contribution in [0.2, 0.25) is 0 Å². The smallest absolute Gasteiger partial charge is 0.162 e. The van der Waals surface area contributed by atoms with Crippen LogP contribution in [0.1, 0.15) is 56.6 Å². The number of benzene rings is 2. The molecule has 1 saturated carbocycles. The van der Waals surface area contributed by atoms with E-state index in [0.717, 1.165) is 19.3 Å². The molecular formula is C23H25F3. The Morgan fingerprint density at radius 3 is 2.50 bits per heavy atom. The Bertz CT molecular complexity index is 827. The molecule has 1 fully saturated rings. The number of fused-ring (bicyclic) bond motifs is 1. The first-order valence-corrected chi connectivity index (χ1v) is 9.45. The molecule has 3 heteroatoms. The third-order valence-electron chi connectivity index (χ3n) is 5.57. The van der Waals surface area contributed by atoms with E-state index in [1.165, 1.54) is 30.7 Å². The van der Waals surface area contributed by atoms with Gasteiger partial charge in [-0.15, -0.1) is 0 Å². The third-order valence-corrected chi connectivity index (χ3v) is 5.57. The summed E-state index contributed by atoms with van der Waals surface area (Å²) >= 11 is 0. The SMILES string of the molecule is C=Cc1ccc2cc(C(F)=C(F)C3CCC(CCC)CC3)ccc2c1F. The normalized spacial score (nSPS) is 21.5. The molecule has 0 aliphatic heterocycles. The molecule has 0 aromatic heterocycles. The monoisotopic (exact) mass is 358 g/mol. The van der Waals surface area contributed by atoms with E-state index in [4.69, 9.17) is 0 Å². The first-order chi connectivity index (χ1) is 12.5. The Balaban J connectivity index is 1.85. The second kappa shape index (κ2) is 8.11. The van der Waals surface area contributed by atoms with Crippen LogP contribution in [0, 0.1) is 17.7 Å². The third kappa shape index (κ3) is 3.72. The van der Waals surface area contributed by atoms with Crippen LogP contribution < -0.4 is 0 Å². The minimum Gasteiger partial charge on any atom is -0.208 e. The molecule has 0 heterocycles. The molecule has 0 bridgehead atoms. The molecule has 0 N–H and O–H groups in total. The molecule has 2 aromatic rings. The molecule has 0 nitrogen and oxygen atoms in total. The number of allylic oxidation sites excluding steroid dienone is 1. The Hall–Kier alpha value is -2.03. The van der Waals surface area contributed by atoms with Crippen LogP contribution in [0.15, 0.2) is 42.7 Å². The summed E-state index contributed by atoms with van der Waals surface area (Å²) in [6.07, 6.45) is 7.09. The molecule has 1 aliphatic carbocycles. The summed E-state index contributed by atoms with van der Waals surface area (Å²) in [6, 6.07) is 7.79. The van der Waals surface area contributed by atoms with Gasteiger partial charge in [-0.05, 0) is 43.1 Å². The van der Waals surface area contributed by atoms with Gasteiger partial charge < -0.3 is 0 Å². The second-order valence-corrected chi connectivity index (χ2v) is 7.28. The quantitative estimate of drug-likeness (QED) is 0.511. The number of halogens is 3. The summed E-state index contributed by atoms with van der Waals surface area (Å²) in [7, 11) is 0. The van der Waals surface area contributed by atoms with Crippen molar-refractivity contribution < 1.29 is 13.2 Å². The summed E-state index contributed by atoms with van der Waals surface area (Å²) in [5.74, 6) is -1.53. The lowest BCUT2D eigenvalue weighted by molar-refractivity contribution is 0.261. The summed E-state index contributed by atoms with van der Waals surface area (Å²) in [6.45, 7) is 5.74. The molecule has 0 saturated heterocycles. The second-order valence-electron chi connectivity index (χ2n) is 7.28. The summed E-state index contributed by atoms with van der Waals surface area (Å²) in [4.78, 5) is 0. The molecule has 0 atom stereocenters. The average molecular weight is 358 g/mol. The maximum Gasteiger partial charge on any atom is 0.162 e. The molecule has 3 rings (SSSR count). The lowest BCUT2D eigenvalue weighted by Crippen LogP contribution is -2.15. The van der Waals surface area contributed by atoms with E-state index in [-0.39, 0.29) is 17.3 Å². The Labute approximate surface area is 153 Å². The zero-order valence-corrected chi connectivity index (χ0v) is 15.2. The Morgan fingerprint density at radius 2 is 1.85 bits per heavy atom. The molecule has 0 unspecified atom stereocenters. The van der Waals surface area contributed by atoms with Crippen molar-refractivity contribution in [2.24, 2.45) is 11.8 Å². The Morgan fingerprint density at radius 1 is 1.12 bits per heavy atom. The van der Waals surface area contributed by atoms with E-state index in [2.05, 4.69) is 13.5 Å². The van der Waals surface area contributed by atoms with Crippen molar-refractivity contribution in [3.8, 4) is 0 Å². The van der Waals surface area contributed by atoms with Gasteiger partial charge in [0, 0.05) is 22.4 Å². The van der Waals surface area contributed by atoms with Gasteiger partial charge in [-0.2, -0.15) is 0 Å². The van der Waals surface area contributed by atoms with Crippen LogP contribution in [0.4, 0.5) is 13.2 Å². The maximum absolute atomic E-state index is 14.7. The van der Waals surface area contributed by atoms with Crippen LogP contribution >= 0.6 is 0 Å². The van der Waals surface area contributed by atoms with Gasteiger partial charge in [0.25, 0.3) is 0 Å². The van der Waals surface area contributed by atoms with Crippen LogP contribution in [-0.2, 0) is 0 Å². The van der Waals surface area contributed by atoms with Crippen molar-refractivity contribution in [2.45, 2.75) is 45.4 Å². The van der Waals surface area contributed by atoms with Crippen molar-refractivity contribution in [1.82, 2.24) is 0 Å². The first-order valence-electron chi connectivity index (χ1n) is 9.45. The summed E-state index contributed by atoms with van der Waals surface area (Å²) in [5, 5.41) is 0.944. The average Bonchev–Trinajstić information content (AvgIpc) is 2.68. The number of hydrogen-bond donors (Lipinski definition) is 0. The van der Waals surface area contributed by atoms with Crippen molar-refractivity contribution in [1.29, 1.82) is 0 Å². The van der Waals surface area contributed by atoms with Crippen LogP contribution in [-0.4, -0.2) is 0 Å². The zero-order valence-electron chi connectivity index (χ0n) is 15.2. The highest BCUT2D eigenvalue weighted by atomic mass is 19.2. The van der Waals surface area contributed by atoms with E-state index < -0.39 is 11.7 Å². The fraction of sp³-hybridized carbons (Fsp3) is 0.391. The van der Waals surface area contributed by atoms with Crippen molar-refractivity contribution in [3.63, 3.8) is 0 Å². The van der Waals surface area contributed by atoms with Crippen molar-refractivity contribution in [3.05, 3.63) is 59.7 Å². The highest BCUT2D eigenvalue weighted by Crippen LogP contribution is 2.39. The van der Waals surface area contributed by atoms with E-state index in [9.17, 15) is 13.2 Å². The molecule has 0 amide bonds. The van der Waals surface area contributed by atoms with Gasteiger partial charge in [0.1, 0.15) is 11.6 Å². The van der Waals surface area contributed by atoms with Crippen molar-refractivity contribution in [2.75, 3.05) is 0 Å². The highest BCUT2D eigenvalue weighted by Gasteiger charge is 2.26. The topological polar surface area (TPSA) is 0 Å². The van der Waals surface area contributed by atoms with Gasteiger partial charge in [-0.25, -0.2) is 13.2 Å². The minimum atomic E-state index is -0.806. The molecule has 138 valence electrons. The van der Waals surface area contributed by atoms with E-state index >= 15 is 0 Å². The zero-order chi connectivity index (χ0) is 18.7. The summed E-state index contributed by atoms with van der Waals surface area (Å²) in [5.41, 5.74) is 0.577. The molecule has 0 spiro atoms. The minimum absolute atomic E-state index is 0.177. The molecule has 1 aliphatic rings. The molecular weight excluding hydrogens is 333 g/mol. The lowest BCUT2D eigenvalue weighted by atomic mass is 9.79. The first kappa shape index (κ1) is 18.8. The predicted octanol–water partition coefficient (Wildman–Crippen LogP) is 7.84. The summed E-state index contributed by atoms with van der Waals surface area (Å²) < 4.78 is 43.7. The van der Waals surface area contributed by atoms with Gasteiger partial charge in [0.15, 0.2) is 5.83 Å². The standard InChI is InChI=1S/C23H25F3/c1-3-5-15-6-8-17(9-7-15)22(25)23(26)19-12-13-20-18(14-19)11-10-16(4-2)21(20)24/h4,10-15,17H,2-3,5-9H2,1H3. The van der Waals surface area contributed by atoms with E-state index in [0.29, 0.717) is 35.1 Å². The molecule has 26 heavy (non-hydrogen) atoms. The van der Waals surface area contributed by atoms with Gasteiger partial charge in [0.05, 0.1) is 0 Å². The van der Waals surface area contributed by atoms with Crippen LogP contribution in [0.3, 0.4) is 0 Å². The fourth-order valence-corrected chi connectivity index (χ4v) is 4.03. The van der Waals surface area contributed by atoms with E-state index in [1.807, 2.05) is 0 Å². The molecule has 0 radical (unpaired) electrons. The van der Waals surface area contributed by atoms with Crippen molar-refractivity contribution >= 4 is 22.7 Å². The van der Waals surface area contributed by atoms with Crippen LogP contribution in [0.25, 0.3) is 22.7 Å².